The van der Waals surface area contributed by atoms with Crippen LogP contribution in [0.15, 0.2) is 18.2 Å². The Kier molecular flexibility index (Phi) is 5.82. The lowest BCUT2D eigenvalue weighted by Gasteiger charge is -2.12. The number of nitrogens with one attached hydrogen (secondary N) is 1. The number of rotatable bonds is 7. The van der Waals surface area contributed by atoms with Crippen LogP contribution in [0.25, 0.3) is 0 Å². The molecule has 0 radical (unpaired) electrons. The molecule has 1 aromatic rings. The zero-order valence-electron chi connectivity index (χ0n) is 9.50. The van der Waals surface area contributed by atoms with Gasteiger partial charge in [0.05, 0.1) is 6.61 Å². The zero-order chi connectivity index (χ0) is 11.8. The summed E-state index contributed by atoms with van der Waals surface area (Å²) >= 11 is 0. The maximum Gasteiger partial charge on any atom is 0.165 e. The monoisotopic (exact) mass is 227 g/mol. The lowest BCUT2D eigenvalue weighted by molar-refractivity contribution is 0.227. The summed E-state index contributed by atoms with van der Waals surface area (Å²) in [6.07, 6.45) is 0.509. The van der Waals surface area contributed by atoms with Crippen LogP contribution in [0.2, 0.25) is 0 Å². The van der Waals surface area contributed by atoms with Gasteiger partial charge in [-0.1, -0.05) is 19.1 Å². The zero-order valence-corrected chi connectivity index (χ0v) is 9.50. The van der Waals surface area contributed by atoms with Gasteiger partial charge in [0.1, 0.15) is 0 Å². The average Bonchev–Trinajstić information content (AvgIpc) is 2.29. The number of hydrogen-bond acceptors (Lipinski definition) is 3. The highest BCUT2D eigenvalue weighted by molar-refractivity contribution is 5.34. The first kappa shape index (κ1) is 12.9. The Labute approximate surface area is 95.2 Å². The van der Waals surface area contributed by atoms with Gasteiger partial charge < -0.3 is 15.2 Å². The molecule has 0 saturated heterocycles. The number of aliphatic hydroxyl groups excluding tert-OH is 1. The van der Waals surface area contributed by atoms with Crippen molar-refractivity contribution in [3.05, 3.63) is 29.6 Å². The van der Waals surface area contributed by atoms with Crippen molar-refractivity contribution in [1.29, 1.82) is 0 Å². The second-order valence-corrected chi connectivity index (χ2v) is 3.43. The molecule has 0 bridgehead atoms. The van der Waals surface area contributed by atoms with E-state index in [1.165, 1.54) is 6.07 Å². The van der Waals surface area contributed by atoms with E-state index in [9.17, 15) is 4.39 Å². The Morgan fingerprint density at radius 3 is 2.94 bits per heavy atom. The van der Waals surface area contributed by atoms with E-state index < -0.39 is 0 Å². The summed E-state index contributed by atoms with van der Waals surface area (Å²) < 4.78 is 18.8. The third kappa shape index (κ3) is 3.79. The summed E-state index contributed by atoms with van der Waals surface area (Å²) in [5.74, 6) is -0.0646. The van der Waals surface area contributed by atoms with Crippen LogP contribution in [-0.4, -0.2) is 24.9 Å². The fraction of sp³-hybridized carbons (Fsp3) is 0.500. The molecule has 0 unspecified atom stereocenters. The average molecular weight is 227 g/mol. The van der Waals surface area contributed by atoms with E-state index in [1.807, 2.05) is 13.0 Å². The lowest BCUT2D eigenvalue weighted by Crippen LogP contribution is -2.14. The van der Waals surface area contributed by atoms with E-state index in [0.717, 1.165) is 12.1 Å². The molecular formula is C12H18FNO2. The largest absolute Gasteiger partial charge is 0.490 e. The second-order valence-electron chi connectivity index (χ2n) is 3.43. The highest BCUT2D eigenvalue weighted by Gasteiger charge is 2.08. The van der Waals surface area contributed by atoms with Crippen molar-refractivity contribution >= 4 is 0 Å². The first-order chi connectivity index (χ1) is 7.79. The molecule has 0 spiro atoms. The first-order valence-electron chi connectivity index (χ1n) is 5.51. The third-order valence-electron chi connectivity index (χ3n) is 2.16. The molecule has 1 rings (SSSR count). The van der Waals surface area contributed by atoms with Gasteiger partial charge in [0.2, 0.25) is 0 Å². The number of halogens is 1. The smallest absolute Gasteiger partial charge is 0.165 e. The minimum atomic E-state index is -0.353. The molecule has 1 aromatic carbocycles. The van der Waals surface area contributed by atoms with Gasteiger partial charge in [0.15, 0.2) is 11.6 Å². The highest BCUT2D eigenvalue weighted by Crippen LogP contribution is 2.22. The SMILES string of the molecule is CCNCc1cccc(F)c1OCCCO. The van der Waals surface area contributed by atoms with Crippen molar-refractivity contribution in [2.24, 2.45) is 0 Å². The van der Waals surface area contributed by atoms with Crippen LogP contribution in [0.4, 0.5) is 4.39 Å². The number of aliphatic hydroxyl groups is 1. The van der Waals surface area contributed by atoms with E-state index in [-0.39, 0.29) is 18.2 Å². The molecule has 0 aliphatic carbocycles. The van der Waals surface area contributed by atoms with Gasteiger partial charge in [-0.25, -0.2) is 4.39 Å². The van der Waals surface area contributed by atoms with E-state index in [4.69, 9.17) is 9.84 Å². The van der Waals surface area contributed by atoms with Crippen LogP contribution >= 0.6 is 0 Å². The topological polar surface area (TPSA) is 41.5 Å². The molecule has 0 aromatic heterocycles. The molecule has 16 heavy (non-hydrogen) atoms. The van der Waals surface area contributed by atoms with Crippen molar-refractivity contribution < 1.29 is 14.2 Å². The Morgan fingerprint density at radius 2 is 2.25 bits per heavy atom. The minimum Gasteiger partial charge on any atom is -0.490 e. The normalized spacial score (nSPS) is 10.4. The lowest BCUT2D eigenvalue weighted by atomic mass is 10.2. The van der Waals surface area contributed by atoms with E-state index in [1.54, 1.807) is 6.07 Å². The maximum absolute atomic E-state index is 13.5. The van der Waals surface area contributed by atoms with Crippen molar-refractivity contribution in [2.75, 3.05) is 19.8 Å². The van der Waals surface area contributed by atoms with Crippen LogP contribution in [0.5, 0.6) is 5.75 Å². The second kappa shape index (κ2) is 7.19. The Balaban J connectivity index is 2.69. The van der Waals surface area contributed by atoms with Crippen LogP contribution in [-0.2, 0) is 6.54 Å². The fourth-order valence-electron chi connectivity index (χ4n) is 1.35. The van der Waals surface area contributed by atoms with Gasteiger partial charge in [0.25, 0.3) is 0 Å². The summed E-state index contributed by atoms with van der Waals surface area (Å²) in [5.41, 5.74) is 0.805. The standard InChI is InChI=1S/C12H18FNO2/c1-2-14-9-10-5-3-6-11(13)12(10)16-8-4-7-15/h3,5-6,14-15H,2,4,7-9H2,1H3. The molecule has 0 heterocycles. The number of ether oxygens (including phenoxy) is 1. The van der Waals surface area contributed by atoms with Crippen molar-refractivity contribution in [2.45, 2.75) is 19.9 Å². The predicted octanol–water partition coefficient (Wildman–Crippen LogP) is 1.70. The van der Waals surface area contributed by atoms with Gasteiger partial charge in [-0.05, 0) is 12.6 Å². The highest BCUT2D eigenvalue weighted by atomic mass is 19.1. The molecule has 3 nitrogen and oxygen atoms in total. The van der Waals surface area contributed by atoms with Crippen LogP contribution < -0.4 is 10.1 Å². The number of para-hydroxylation sites is 1. The van der Waals surface area contributed by atoms with Crippen LogP contribution in [0.3, 0.4) is 0 Å². The van der Waals surface area contributed by atoms with Gasteiger partial charge in [0, 0.05) is 25.1 Å². The number of hydrogen-bond donors (Lipinski definition) is 2. The number of benzene rings is 1. The van der Waals surface area contributed by atoms with Gasteiger partial charge >= 0.3 is 0 Å². The summed E-state index contributed by atoms with van der Waals surface area (Å²) in [6.45, 7) is 3.79. The molecule has 0 aliphatic heterocycles. The van der Waals surface area contributed by atoms with E-state index in [0.29, 0.717) is 19.6 Å². The van der Waals surface area contributed by atoms with Crippen molar-refractivity contribution in [1.82, 2.24) is 5.32 Å². The summed E-state index contributed by atoms with van der Waals surface area (Å²) in [4.78, 5) is 0. The minimum absolute atomic E-state index is 0.0526. The molecule has 0 saturated carbocycles. The Hall–Kier alpha value is -1.13. The summed E-state index contributed by atoms with van der Waals surface area (Å²) in [5, 5.41) is 11.8. The molecular weight excluding hydrogens is 209 g/mol. The molecule has 2 N–H and O–H groups in total. The molecule has 90 valence electrons. The van der Waals surface area contributed by atoms with Gasteiger partial charge in [-0.15, -0.1) is 0 Å². The Morgan fingerprint density at radius 1 is 1.44 bits per heavy atom. The van der Waals surface area contributed by atoms with Crippen molar-refractivity contribution in [3.8, 4) is 5.75 Å². The predicted molar refractivity (Wildman–Crippen MR) is 61.0 cm³/mol. The molecule has 0 amide bonds. The summed E-state index contributed by atoms with van der Waals surface area (Å²) in [6, 6.07) is 4.88. The van der Waals surface area contributed by atoms with Crippen LogP contribution in [0, 0.1) is 5.82 Å². The quantitative estimate of drug-likeness (QED) is 0.697. The molecule has 4 heteroatoms. The van der Waals surface area contributed by atoms with Gasteiger partial charge in [-0.3, -0.25) is 0 Å². The van der Waals surface area contributed by atoms with E-state index in [2.05, 4.69) is 5.32 Å². The third-order valence-corrected chi connectivity index (χ3v) is 2.16. The summed E-state index contributed by atoms with van der Waals surface area (Å²) in [7, 11) is 0. The maximum atomic E-state index is 13.5. The Bertz CT molecular complexity index is 318. The van der Waals surface area contributed by atoms with Gasteiger partial charge in [-0.2, -0.15) is 0 Å². The fourth-order valence-corrected chi connectivity index (χ4v) is 1.35. The molecule has 0 atom stereocenters. The van der Waals surface area contributed by atoms with Crippen molar-refractivity contribution in [3.63, 3.8) is 0 Å². The van der Waals surface area contributed by atoms with E-state index >= 15 is 0 Å². The first-order valence-corrected chi connectivity index (χ1v) is 5.51. The molecule has 0 fully saturated rings. The molecule has 0 aliphatic rings. The van der Waals surface area contributed by atoms with Crippen LogP contribution in [0.1, 0.15) is 18.9 Å².